The van der Waals surface area contributed by atoms with E-state index in [1.165, 1.54) is 4.70 Å². The standard InChI is InChI=1S/C21H17N3O2S2/c1-24(20-22-16-6-2-3-7-17(16)27-20)12-4-5-14-8-10-15(11-9-14)13-18-19(25)23-21(26)28-18/h2-3,6-11,18H,12-13H2,1H3,(H,23,25,26). The van der Waals surface area contributed by atoms with E-state index in [1.807, 2.05) is 54.4 Å². The molecular formula is C21H17N3O2S2. The highest BCUT2D eigenvalue weighted by Crippen LogP contribution is 2.27. The summed E-state index contributed by atoms with van der Waals surface area (Å²) in [5, 5.41) is 2.65. The molecule has 1 atom stereocenters. The Balaban J connectivity index is 1.36. The largest absolute Gasteiger partial charge is 0.340 e. The van der Waals surface area contributed by atoms with Gasteiger partial charge in [0.2, 0.25) is 5.91 Å². The summed E-state index contributed by atoms with van der Waals surface area (Å²) in [6.07, 6.45) is 0.538. The zero-order valence-corrected chi connectivity index (χ0v) is 16.8. The molecule has 28 heavy (non-hydrogen) atoms. The molecule has 5 nitrogen and oxygen atoms in total. The summed E-state index contributed by atoms with van der Waals surface area (Å²) in [5.74, 6) is 6.13. The predicted octanol–water partition coefficient (Wildman–Crippen LogP) is 3.68. The van der Waals surface area contributed by atoms with Crippen molar-refractivity contribution in [2.24, 2.45) is 0 Å². The number of thiazole rings is 1. The average Bonchev–Trinajstić information content (AvgIpc) is 3.26. The summed E-state index contributed by atoms with van der Waals surface area (Å²) in [4.78, 5) is 29.6. The number of nitrogens with one attached hydrogen (secondary N) is 1. The summed E-state index contributed by atoms with van der Waals surface area (Å²) in [7, 11) is 1.99. The Hall–Kier alpha value is -2.82. The third kappa shape index (κ3) is 4.19. The van der Waals surface area contributed by atoms with Crippen LogP contribution in [0, 0.1) is 11.8 Å². The second-order valence-corrected chi connectivity index (χ2v) is 8.59. The number of rotatable bonds is 4. The molecule has 7 heteroatoms. The van der Waals surface area contributed by atoms with Crippen LogP contribution < -0.4 is 10.2 Å². The summed E-state index contributed by atoms with van der Waals surface area (Å²) < 4.78 is 1.17. The molecule has 1 unspecified atom stereocenters. The number of imide groups is 1. The van der Waals surface area contributed by atoms with Crippen molar-refractivity contribution in [3.63, 3.8) is 0 Å². The molecule has 140 valence electrons. The van der Waals surface area contributed by atoms with Crippen LogP contribution in [0.4, 0.5) is 9.93 Å². The van der Waals surface area contributed by atoms with E-state index < -0.39 is 0 Å². The number of benzene rings is 2. The van der Waals surface area contributed by atoms with Gasteiger partial charge in [-0.15, -0.1) is 0 Å². The molecule has 0 bridgehead atoms. The number of nitrogens with zero attached hydrogens (tertiary/aromatic N) is 2. The molecule has 0 aliphatic carbocycles. The van der Waals surface area contributed by atoms with Gasteiger partial charge in [-0.2, -0.15) is 0 Å². The van der Waals surface area contributed by atoms with Gasteiger partial charge < -0.3 is 4.90 Å². The predicted molar refractivity (Wildman–Crippen MR) is 115 cm³/mol. The van der Waals surface area contributed by atoms with E-state index in [2.05, 4.69) is 28.2 Å². The fraction of sp³-hybridized carbons (Fsp3) is 0.190. The number of hydrogen-bond acceptors (Lipinski definition) is 6. The van der Waals surface area contributed by atoms with Crippen molar-refractivity contribution in [1.82, 2.24) is 10.3 Å². The zero-order valence-electron chi connectivity index (χ0n) is 15.1. The fourth-order valence-electron chi connectivity index (χ4n) is 2.82. The highest BCUT2D eigenvalue weighted by molar-refractivity contribution is 8.15. The van der Waals surface area contributed by atoms with Crippen LogP contribution in [-0.2, 0) is 11.2 Å². The Kier molecular flexibility index (Phi) is 5.33. The fourth-order valence-corrected chi connectivity index (χ4v) is 4.60. The van der Waals surface area contributed by atoms with Crippen LogP contribution in [0.5, 0.6) is 0 Å². The average molecular weight is 408 g/mol. The maximum atomic E-state index is 11.7. The minimum absolute atomic E-state index is 0.211. The number of anilines is 1. The van der Waals surface area contributed by atoms with E-state index in [-0.39, 0.29) is 16.4 Å². The van der Waals surface area contributed by atoms with Crippen molar-refractivity contribution in [1.29, 1.82) is 0 Å². The van der Waals surface area contributed by atoms with Crippen molar-refractivity contribution in [3.05, 3.63) is 59.7 Å². The zero-order chi connectivity index (χ0) is 19.5. The van der Waals surface area contributed by atoms with E-state index in [4.69, 9.17) is 0 Å². The van der Waals surface area contributed by atoms with E-state index >= 15 is 0 Å². The summed E-state index contributed by atoms with van der Waals surface area (Å²) in [6, 6.07) is 15.9. The highest BCUT2D eigenvalue weighted by atomic mass is 32.2. The van der Waals surface area contributed by atoms with Gasteiger partial charge in [-0.05, 0) is 36.2 Å². The molecule has 2 amide bonds. The first-order valence-electron chi connectivity index (χ1n) is 8.74. The lowest BCUT2D eigenvalue weighted by Gasteiger charge is -2.10. The van der Waals surface area contributed by atoms with Gasteiger partial charge >= 0.3 is 0 Å². The number of aromatic nitrogens is 1. The number of fused-ring (bicyclic) bond motifs is 1. The molecular weight excluding hydrogens is 390 g/mol. The number of thioether (sulfide) groups is 1. The second kappa shape index (κ2) is 8.05. The van der Waals surface area contributed by atoms with Gasteiger partial charge in [0.15, 0.2) is 5.13 Å². The number of para-hydroxylation sites is 1. The first kappa shape index (κ1) is 18.5. The first-order chi connectivity index (χ1) is 13.6. The molecule has 1 aliphatic heterocycles. The molecule has 2 heterocycles. The minimum atomic E-state index is -0.341. The molecule has 1 saturated heterocycles. The maximum Gasteiger partial charge on any atom is 0.286 e. The lowest BCUT2D eigenvalue weighted by atomic mass is 10.1. The number of hydrogen-bond donors (Lipinski definition) is 1. The van der Waals surface area contributed by atoms with Crippen LogP contribution in [0.1, 0.15) is 11.1 Å². The van der Waals surface area contributed by atoms with Crippen LogP contribution in [0.2, 0.25) is 0 Å². The number of carbonyl (C=O) groups excluding carboxylic acids is 2. The van der Waals surface area contributed by atoms with Gasteiger partial charge in [-0.25, -0.2) is 4.98 Å². The Morgan fingerprint density at radius 3 is 2.64 bits per heavy atom. The van der Waals surface area contributed by atoms with Crippen molar-refractivity contribution in [3.8, 4) is 11.8 Å². The Bertz CT molecular complexity index is 1060. The summed E-state index contributed by atoms with van der Waals surface area (Å²) >= 11 is 2.71. The van der Waals surface area contributed by atoms with E-state index in [1.54, 1.807) is 11.3 Å². The molecule has 0 radical (unpaired) electrons. The SMILES string of the molecule is CN(CC#Cc1ccc(CC2SC(=O)NC2=O)cc1)c1nc2ccccc2s1. The first-order valence-corrected chi connectivity index (χ1v) is 10.4. The number of carbonyl (C=O) groups is 2. The van der Waals surface area contributed by atoms with Crippen LogP contribution in [0.25, 0.3) is 10.2 Å². The second-order valence-electron chi connectivity index (χ2n) is 6.41. The molecule has 0 saturated carbocycles. The number of amides is 2. The summed E-state index contributed by atoms with van der Waals surface area (Å²) in [5.41, 5.74) is 2.94. The van der Waals surface area contributed by atoms with Gasteiger partial charge in [0, 0.05) is 12.6 Å². The lowest BCUT2D eigenvalue weighted by molar-refractivity contribution is -0.118. The highest BCUT2D eigenvalue weighted by Gasteiger charge is 2.31. The third-order valence-electron chi connectivity index (χ3n) is 4.30. The van der Waals surface area contributed by atoms with Gasteiger partial charge in [0.05, 0.1) is 22.0 Å². The Morgan fingerprint density at radius 2 is 1.93 bits per heavy atom. The molecule has 4 rings (SSSR count). The van der Waals surface area contributed by atoms with Crippen LogP contribution >= 0.6 is 23.1 Å². The van der Waals surface area contributed by atoms with Crippen molar-refractivity contribution < 1.29 is 9.59 Å². The third-order valence-corrected chi connectivity index (χ3v) is 6.43. The van der Waals surface area contributed by atoms with Gasteiger partial charge in [0.1, 0.15) is 0 Å². The lowest BCUT2D eigenvalue weighted by Crippen LogP contribution is -2.25. The van der Waals surface area contributed by atoms with E-state index in [0.29, 0.717) is 13.0 Å². The molecule has 0 spiro atoms. The molecule has 2 aromatic carbocycles. The van der Waals surface area contributed by atoms with Crippen LogP contribution in [-0.4, -0.2) is 35.0 Å². The molecule has 1 fully saturated rings. The van der Waals surface area contributed by atoms with E-state index in [9.17, 15) is 9.59 Å². The Morgan fingerprint density at radius 1 is 1.14 bits per heavy atom. The maximum absolute atomic E-state index is 11.7. The van der Waals surface area contributed by atoms with E-state index in [0.717, 1.165) is 33.5 Å². The smallest absolute Gasteiger partial charge is 0.286 e. The quantitative estimate of drug-likeness (QED) is 0.669. The molecule has 1 aromatic heterocycles. The minimum Gasteiger partial charge on any atom is -0.340 e. The van der Waals surface area contributed by atoms with Gasteiger partial charge in [-0.1, -0.05) is 59.2 Å². The van der Waals surface area contributed by atoms with Crippen molar-refractivity contribution in [2.75, 3.05) is 18.5 Å². The van der Waals surface area contributed by atoms with Crippen molar-refractivity contribution >= 4 is 49.6 Å². The topological polar surface area (TPSA) is 62.3 Å². The van der Waals surface area contributed by atoms with Gasteiger partial charge in [0.25, 0.3) is 5.24 Å². The Labute approximate surface area is 171 Å². The van der Waals surface area contributed by atoms with Gasteiger partial charge in [-0.3, -0.25) is 14.9 Å². The van der Waals surface area contributed by atoms with Crippen LogP contribution in [0.15, 0.2) is 48.5 Å². The van der Waals surface area contributed by atoms with Crippen LogP contribution in [0.3, 0.4) is 0 Å². The summed E-state index contributed by atoms with van der Waals surface area (Å²) in [6.45, 7) is 0.586. The molecule has 1 N–H and O–H groups in total. The van der Waals surface area contributed by atoms with Crippen molar-refractivity contribution in [2.45, 2.75) is 11.7 Å². The monoisotopic (exact) mass is 407 g/mol. The normalized spacial score (nSPS) is 16.0. The molecule has 1 aliphatic rings. The molecule has 3 aromatic rings.